The molecule has 0 bridgehead atoms. The fourth-order valence-electron chi connectivity index (χ4n) is 6.01. The van der Waals surface area contributed by atoms with Gasteiger partial charge in [0.1, 0.15) is 7.11 Å². The molecule has 4 rings (SSSR count). The summed E-state index contributed by atoms with van der Waals surface area (Å²) in [5.41, 5.74) is -1.95. The molecular formula is C32H37Cl2F6N3O3. The van der Waals surface area contributed by atoms with Crippen LogP contribution in [-0.4, -0.2) is 67.9 Å². The molecular weight excluding hydrogens is 659 g/mol. The lowest BCUT2D eigenvalue weighted by Crippen LogP contribution is -2.43. The van der Waals surface area contributed by atoms with Crippen LogP contribution in [0.15, 0.2) is 41.6 Å². The van der Waals surface area contributed by atoms with E-state index >= 15 is 0 Å². The van der Waals surface area contributed by atoms with Gasteiger partial charge >= 0.3 is 12.4 Å². The molecule has 0 aromatic heterocycles. The second-order valence-electron chi connectivity index (χ2n) is 11.8. The van der Waals surface area contributed by atoms with Gasteiger partial charge in [0.15, 0.2) is 0 Å². The van der Waals surface area contributed by atoms with Gasteiger partial charge in [0.2, 0.25) is 5.91 Å². The highest BCUT2D eigenvalue weighted by Crippen LogP contribution is 2.37. The van der Waals surface area contributed by atoms with E-state index in [-0.39, 0.29) is 24.1 Å². The molecule has 2 aliphatic heterocycles. The Morgan fingerprint density at radius 2 is 1.63 bits per heavy atom. The summed E-state index contributed by atoms with van der Waals surface area (Å²) in [5, 5.41) is 4.82. The topological polar surface area (TPSA) is 54.4 Å². The van der Waals surface area contributed by atoms with E-state index in [0.29, 0.717) is 53.2 Å². The first-order chi connectivity index (χ1) is 21.7. The number of amides is 1. The highest BCUT2D eigenvalue weighted by molar-refractivity contribution is 6.42. The van der Waals surface area contributed by atoms with Crippen LogP contribution in [-0.2, 0) is 33.3 Å². The highest BCUT2D eigenvalue weighted by Gasteiger charge is 2.37. The lowest BCUT2D eigenvalue weighted by atomic mass is 9.90. The molecule has 2 aromatic rings. The summed E-state index contributed by atoms with van der Waals surface area (Å²) in [6.45, 7) is 3.25. The molecule has 2 fully saturated rings. The van der Waals surface area contributed by atoms with Gasteiger partial charge in [-0.15, -0.1) is 0 Å². The van der Waals surface area contributed by atoms with Crippen molar-refractivity contribution in [1.29, 1.82) is 0 Å². The standard InChI is InChI=1S/C32H37Cl2F6N3O3/c1-45-41-29(20-46-19-22-14-24(31(35,36)37)17-25(15-22)32(38,39)40)26(23-5-6-27(33)28(34)16-23)9-13-42-11-7-21(8-12-42)18-43-10-3-2-4-30(43)44/h5-6,14-17,21,26H,2-4,7-13,18-20H2,1H3/b41-29+. The lowest BCUT2D eigenvalue weighted by Gasteiger charge is -2.36. The number of piperidine rings is 2. The Morgan fingerprint density at radius 1 is 0.957 bits per heavy atom. The average molecular weight is 697 g/mol. The summed E-state index contributed by atoms with van der Waals surface area (Å²) in [6, 6.07) is 6.50. The lowest BCUT2D eigenvalue weighted by molar-refractivity contribution is -0.143. The van der Waals surface area contributed by atoms with Gasteiger partial charge in [-0.1, -0.05) is 34.4 Å². The first-order valence-corrected chi connectivity index (χ1v) is 15.9. The van der Waals surface area contributed by atoms with Crippen molar-refractivity contribution in [2.24, 2.45) is 11.1 Å². The number of hydrogen-bond donors (Lipinski definition) is 0. The molecule has 0 N–H and O–H groups in total. The number of oxime groups is 1. The predicted octanol–water partition coefficient (Wildman–Crippen LogP) is 8.45. The Hall–Kier alpha value is -2.54. The maximum atomic E-state index is 13.3. The van der Waals surface area contributed by atoms with Crippen molar-refractivity contribution < 1.29 is 40.7 Å². The normalized spacial score (nSPS) is 18.2. The molecule has 0 spiro atoms. The Kier molecular flexibility index (Phi) is 12.7. The van der Waals surface area contributed by atoms with Crippen LogP contribution in [0.5, 0.6) is 0 Å². The molecule has 1 amide bonds. The number of carbonyl (C=O) groups excluding carboxylic acids is 1. The molecule has 6 nitrogen and oxygen atoms in total. The van der Waals surface area contributed by atoms with Crippen molar-refractivity contribution in [2.45, 2.75) is 63.4 Å². The number of halogens is 8. The van der Waals surface area contributed by atoms with Crippen molar-refractivity contribution in [3.05, 3.63) is 68.7 Å². The largest absolute Gasteiger partial charge is 0.416 e. The first kappa shape index (κ1) is 36.3. The minimum Gasteiger partial charge on any atom is -0.399 e. The number of alkyl halides is 6. The first-order valence-electron chi connectivity index (χ1n) is 15.2. The van der Waals surface area contributed by atoms with Gasteiger partial charge in [0.05, 0.1) is 40.1 Å². The van der Waals surface area contributed by atoms with E-state index in [9.17, 15) is 31.1 Å². The van der Waals surface area contributed by atoms with E-state index < -0.39 is 36.0 Å². The number of ether oxygens (including phenoxy) is 1. The van der Waals surface area contributed by atoms with E-state index in [4.69, 9.17) is 32.8 Å². The SMILES string of the molecule is CO/N=C(\COCc1cc(C(F)(F)F)cc(C(F)(F)F)c1)C(CCN1CCC(CN2CCCCC2=O)CC1)c1ccc(Cl)c(Cl)c1. The van der Waals surface area contributed by atoms with Crippen LogP contribution in [0.25, 0.3) is 0 Å². The zero-order valence-corrected chi connectivity index (χ0v) is 26.9. The zero-order chi connectivity index (χ0) is 33.5. The van der Waals surface area contributed by atoms with E-state index in [1.807, 2.05) is 4.90 Å². The molecule has 0 saturated carbocycles. The third-order valence-corrected chi connectivity index (χ3v) is 9.20. The van der Waals surface area contributed by atoms with Crippen LogP contribution >= 0.6 is 23.2 Å². The van der Waals surface area contributed by atoms with Gasteiger partial charge in [0.25, 0.3) is 0 Å². The minimum absolute atomic E-state index is 0.0810. The van der Waals surface area contributed by atoms with Crippen molar-refractivity contribution in [1.82, 2.24) is 9.80 Å². The maximum Gasteiger partial charge on any atom is 0.416 e. The molecule has 1 unspecified atom stereocenters. The van der Waals surface area contributed by atoms with Crippen LogP contribution in [0, 0.1) is 5.92 Å². The molecule has 14 heteroatoms. The Bertz CT molecular complexity index is 1330. The quantitative estimate of drug-likeness (QED) is 0.127. The molecule has 46 heavy (non-hydrogen) atoms. The van der Waals surface area contributed by atoms with E-state index in [1.54, 1.807) is 18.2 Å². The van der Waals surface area contributed by atoms with E-state index in [2.05, 4.69) is 10.1 Å². The summed E-state index contributed by atoms with van der Waals surface area (Å²) < 4.78 is 85.7. The number of benzene rings is 2. The van der Waals surface area contributed by atoms with Crippen LogP contribution < -0.4 is 0 Å². The van der Waals surface area contributed by atoms with Gasteiger partial charge < -0.3 is 19.4 Å². The summed E-state index contributed by atoms with van der Waals surface area (Å²) in [5.74, 6) is 0.279. The molecule has 1 atom stereocenters. The fourth-order valence-corrected chi connectivity index (χ4v) is 6.32. The summed E-state index contributed by atoms with van der Waals surface area (Å²) in [4.78, 5) is 21.6. The van der Waals surface area contributed by atoms with Crippen molar-refractivity contribution in [3.8, 4) is 0 Å². The summed E-state index contributed by atoms with van der Waals surface area (Å²) in [7, 11) is 1.34. The minimum atomic E-state index is -4.96. The molecule has 0 aliphatic carbocycles. The third kappa shape index (κ3) is 10.2. The zero-order valence-electron chi connectivity index (χ0n) is 25.4. The second-order valence-corrected chi connectivity index (χ2v) is 12.6. The number of carbonyl (C=O) groups is 1. The monoisotopic (exact) mass is 695 g/mol. The molecule has 2 aromatic carbocycles. The highest BCUT2D eigenvalue weighted by atomic mass is 35.5. The Labute approximate surface area is 274 Å². The average Bonchev–Trinajstić information content (AvgIpc) is 3.00. The Morgan fingerprint density at radius 3 is 2.22 bits per heavy atom. The Balaban J connectivity index is 1.44. The van der Waals surface area contributed by atoms with Crippen LogP contribution in [0.4, 0.5) is 26.3 Å². The second kappa shape index (κ2) is 16.0. The molecule has 0 radical (unpaired) electrons. The number of nitrogens with zero attached hydrogens (tertiary/aromatic N) is 3. The van der Waals surface area contributed by atoms with Crippen LogP contribution in [0.2, 0.25) is 10.0 Å². The van der Waals surface area contributed by atoms with Crippen molar-refractivity contribution >= 4 is 34.8 Å². The molecule has 254 valence electrons. The van der Waals surface area contributed by atoms with Crippen molar-refractivity contribution in [3.63, 3.8) is 0 Å². The van der Waals surface area contributed by atoms with Gasteiger partial charge in [-0.25, -0.2) is 0 Å². The third-order valence-electron chi connectivity index (χ3n) is 8.46. The van der Waals surface area contributed by atoms with Crippen LogP contribution in [0.1, 0.15) is 66.7 Å². The number of rotatable bonds is 12. The van der Waals surface area contributed by atoms with Gasteiger partial charge in [0, 0.05) is 25.4 Å². The predicted molar refractivity (Wildman–Crippen MR) is 164 cm³/mol. The summed E-state index contributed by atoms with van der Waals surface area (Å²) >= 11 is 12.5. The molecule has 2 aliphatic rings. The molecule has 2 heterocycles. The van der Waals surface area contributed by atoms with E-state index in [0.717, 1.165) is 57.4 Å². The van der Waals surface area contributed by atoms with Crippen molar-refractivity contribution in [2.75, 3.05) is 46.4 Å². The smallest absolute Gasteiger partial charge is 0.399 e. The van der Waals surface area contributed by atoms with E-state index in [1.165, 1.54) is 7.11 Å². The molecule has 2 saturated heterocycles. The number of likely N-dealkylation sites (tertiary alicyclic amines) is 2. The van der Waals surface area contributed by atoms with Gasteiger partial charge in [-0.2, -0.15) is 26.3 Å². The van der Waals surface area contributed by atoms with Crippen LogP contribution in [0.3, 0.4) is 0 Å². The van der Waals surface area contributed by atoms with Gasteiger partial charge in [-0.3, -0.25) is 4.79 Å². The maximum absolute atomic E-state index is 13.3. The fraction of sp³-hybridized carbons (Fsp3) is 0.562. The number of hydrogen-bond acceptors (Lipinski definition) is 5. The van der Waals surface area contributed by atoms with Gasteiger partial charge in [-0.05, 0) is 99.1 Å². The summed E-state index contributed by atoms with van der Waals surface area (Å²) in [6.07, 6.45) is -4.82.